The molecule has 4 nitrogen and oxygen atoms in total. The van der Waals surface area contributed by atoms with Crippen LogP contribution in [0, 0.1) is 0 Å². The number of fused-ring (bicyclic) bond motifs is 1. The molecule has 1 amide bonds. The molecule has 114 valence electrons. The molecule has 0 saturated heterocycles. The van der Waals surface area contributed by atoms with Crippen molar-refractivity contribution >= 4 is 27.5 Å². The molecule has 0 spiro atoms. The predicted octanol–water partition coefficient (Wildman–Crippen LogP) is 3.74. The summed E-state index contributed by atoms with van der Waals surface area (Å²) in [5, 5.41) is 0. The molecule has 0 unspecified atom stereocenters. The average Bonchev–Trinajstić information content (AvgIpc) is 2.79. The van der Waals surface area contributed by atoms with E-state index < -0.39 is 0 Å². The van der Waals surface area contributed by atoms with E-state index in [4.69, 9.17) is 4.74 Å². The predicted molar refractivity (Wildman–Crippen MR) is 86.8 cm³/mol. The van der Waals surface area contributed by atoms with Gasteiger partial charge in [-0.1, -0.05) is 31.3 Å². The quantitative estimate of drug-likeness (QED) is 0.816. The maximum atomic E-state index is 11.9. The van der Waals surface area contributed by atoms with Gasteiger partial charge in [0.2, 0.25) is 5.91 Å². The minimum atomic E-state index is -0.0492. The number of rotatable bonds is 6. The lowest BCUT2D eigenvalue weighted by molar-refractivity contribution is -0.118. The van der Waals surface area contributed by atoms with Crippen LogP contribution in [-0.2, 0) is 11.3 Å². The lowest BCUT2D eigenvalue weighted by atomic mass is 10.3. The summed E-state index contributed by atoms with van der Waals surface area (Å²) >= 11 is 1.55. The average molecular weight is 306 g/mol. The molecule has 1 heterocycles. The number of nitrogens with zero attached hydrogens (tertiary/aromatic N) is 2. The Labute approximate surface area is 129 Å². The van der Waals surface area contributed by atoms with Crippen LogP contribution in [0.15, 0.2) is 23.2 Å². The van der Waals surface area contributed by atoms with Crippen molar-refractivity contribution in [2.24, 2.45) is 4.99 Å². The number of amides is 1. The van der Waals surface area contributed by atoms with Crippen LogP contribution < -0.4 is 9.54 Å². The van der Waals surface area contributed by atoms with Gasteiger partial charge in [-0.2, -0.15) is 4.99 Å². The number of aryl methyl sites for hydroxylation is 1. The van der Waals surface area contributed by atoms with E-state index >= 15 is 0 Å². The summed E-state index contributed by atoms with van der Waals surface area (Å²) in [5.74, 6) is 0.816. The van der Waals surface area contributed by atoms with Gasteiger partial charge in [0, 0.05) is 13.0 Å². The highest BCUT2D eigenvalue weighted by Gasteiger charge is 2.11. The molecule has 1 aromatic carbocycles. The molecular formula is C16H22N2O2S. The van der Waals surface area contributed by atoms with Gasteiger partial charge in [-0.25, -0.2) is 0 Å². The summed E-state index contributed by atoms with van der Waals surface area (Å²) < 4.78 is 8.95. The SMILES string of the molecule is CCCC(=O)N=c1sc2cccc(OCC)c2n1CCC. The third-order valence-electron chi connectivity index (χ3n) is 3.10. The second-order valence-electron chi connectivity index (χ2n) is 4.83. The number of ether oxygens (including phenoxy) is 1. The first kappa shape index (κ1) is 15.8. The molecule has 0 fully saturated rings. The number of benzene rings is 1. The Morgan fingerprint density at radius 1 is 1.29 bits per heavy atom. The van der Waals surface area contributed by atoms with Crippen molar-refractivity contribution in [1.82, 2.24) is 4.57 Å². The Bertz CT molecular complexity index is 685. The zero-order chi connectivity index (χ0) is 15.2. The molecule has 2 aromatic rings. The van der Waals surface area contributed by atoms with Crippen molar-refractivity contribution in [3.05, 3.63) is 23.0 Å². The number of para-hydroxylation sites is 1. The van der Waals surface area contributed by atoms with E-state index in [2.05, 4.69) is 22.5 Å². The van der Waals surface area contributed by atoms with E-state index in [1.807, 2.05) is 26.0 Å². The second-order valence-corrected chi connectivity index (χ2v) is 5.84. The zero-order valence-corrected chi connectivity index (χ0v) is 13.7. The molecular weight excluding hydrogens is 284 g/mol. The first-order valence-corrected chi connectivity index (χ1v) is 8.35. The maximum Gasteiger partial charge on any atom is 0.248 e. The molecule has 0 saturated carbocycles. The van der Waals surface area contributed by atoms with E-state index in [0.717, 1.165) is 40.2 Å². The van der Waals surface area contributed by atoms with E-state index in [1.54, 1.807) is 11.3 Å². The summed E-state index contributed by atoms with van der Waals surface area (Å²) in [5.41, 5.74) is 1.05. The highest BCUT2D eigenvalue weighted by molar-refractivity contribution is 7.16. The van der Waals surface area contributed by atoms with Crippen LogP contribution in [0.3, 0.4) is 0 Å². The third-order valence-corrected chi connectivity index (χ3v) is 4.14. The number of carbonyl (C=O) groups excluding carboxylic acids is 1. The number of carbonyl (C=O) groups is 1. The molecule has 0 aliphatic heterocycles. The largest absolute Gasteiger partial charge is 0.492 e. The van der Waals surface area contributed by atoms with Crippen LogP contribution in [-0.4, -0.2) is 17.1 Å². The van der Waals surface area contributed by atoms with Crippen LogP contribution in [0.5, 0.6) is 5.75 Å². The van der Waals surface area contributed by atoms with E-state index in [-0.39, 0.29) is 5.91 Å². The first-order valence-electron chi connectivity index (χ1n) is 7.53. The molecule has 21 heavy (non-hydrogen) atoms. The van der Waals surface area contributed by atoms with Crippen LogP contribution >= 0.6 is 11.3 Å². The lowest BCUT2D eigenvalue weighted by Gasteiger charge is -2.08. The van der Waals surface area contributed by atoms with Gasteiger partial charge in [-0.15, -0.1) is 0 Å². The van der Waals surface area contributed by atoms with Gasteiger partial charge in [0.25, 0.3) is 0 Å². The van der Waals surface area contributed by atoms with Gasteiger partial charge in [0.05, 0.1) is 11.3 Å². The van der Waals surface area contributed by atoms with Crippen LogP contribution in [0.25, 0.3) is 10.2 Å². The van der Waals surface area contributed by atoms with E-state index in [0.29, 0.717) is 13.0 Å². The zero-order valence-electron chi connectivity index (χ0n) is 12.9. The molecule has 0 N–H and O–H groups in total. The molecule has 0 bridgehead atoms. The third kappa shape index (κ3) is 3.53. The van der Waals surface area contributed by atoms with E-state index in [9.17, 15) is 4.79 Å². The Kier molecular flexibility index (Phi) is 5.56. The van der Waals surface area contributed by atoms with Crippen LogP contribution in [0.4, 0.5) is 0 Å². The lowest BCUT2D eigenvalue weighted by Crippen LogP contribution is -2.17. The fraction of sp³-hybridized carbons (Fsp3) is 0.500. The minimum absolute atomic E-state index is 0.0492. The molecule has 1 aromatic heterocycles. The first-order chi connectivity index (χ1) is 10.2. The van der Waals surface area contributed by atoms with Gasteiger partial charge in [0.15, 0.2) is 4.80 Å². The maximum absolute atomic E-state index is 11.9. The Hall–Kier alpha value is -1.62. The normalized spacial score (nSPS) is 12.0. The Morgan fingerprint density at radius 3 is 2.76 bits per heavy atom. The smallest absolute Gasteiger partial charge is 0.248 e. The number of hydrogen-bond acceptors (Lipinski definition) is 3. The van der Waals surface area contributed by atoms with Crippen molar-refractivity contribution in [2.45, 2.75) is 46.6 Å². The Balaban J connectivity index is 2.63. The van der Waals surface area contributed by atoms with Gasteiger partial charge in [-0.05, 0) is 31.9 Å². The van der Waals surface area contributed by atoms with Gasteiger partial charge in [0.1, 0.15) is 11.3 Å². The fourth-order valence-electron chi connectivity index (χ4n) is 2.26. The van der Waals surface area contributed by atoms with Crippen LogP contribution in [0.2, 0.25) is 0 Å². The van der Waals surface area contributed by atoms with Crippen molar-refractivity contribution in [3.63, 3.8) is 0 Å². The minimum Gasteiger partial charge on any atom is -0.492 e. The number of hydrogen-bond donors (Lipinski definition) is 0. The molecule has 0 atom stereocenters. The van der Waals surface area contributed by atoms with Crippen molar-refractivity contribution in [3.8, 4) is 5.75 Å². The van der Waals surface area contributed by atoms with Crippen molar-refractivity contribution < 1.29 is 9.53 Å². The molecule has 0 aliphatic carbocycles. The van der Waals surface area contributed by atoms with Gasteiger partial charge < -0.3 is 9.30 Å². The highest BCUT2D eigenvalue weighted by Crippen LogP contribution is 2.27. The summed E-state index contributed by atoms with van der Waals surface area (Å²) in [4.78, 5) is 16.9. The fourth-order valence-corrected chi connectivity index (χ4v) is 3.35. The number of aromatic nitrogens is 1. The highest BCUT2D eigenvalue weighted by atomic mass is 32.1. The molecule has 5 heteroatoms. The Morgan fingerprint density at radius 2 is 2.10 bits per heavy atom. The molecule has 2 rings (SSSR count). The van der Waals surface area contributed by atoms with Gasteiger partial charge in [-0.3, -0.25) is 4.79 Å². The summed E-state index contributed by atoms with van der Waals surface area (Å²) in [6.07, 6.45) is 2.31. The summed E-state index contributed by atoms with van der Waals surface area (Å²) in [6, 6.07) is 6.01. The standard InChI is InChI=1S/C16H22N2O2S/c1-4-8-14(19)17-16-18(11-5-2)15-12(20-6-3)9-7-10-13(15)21-16/h7,9-10H,4-6,8,11H2,1-3H3. The van der Waals surface area contributed by atoms with E-state index in [1.165, 1.54) is 0 Å². The van der Waals surface area contributed by atoms with Crippen LogP contribution in [0.1, 0.15) is 40.0 Å². The molecule has 0 aliphatic rings. The summed E-state index contributed by atoms with van der Waals surface area (Å²) in [6.45, 7) is 7.55. The second kappa shape index (κ2) is 7.41. The van der Waals surface area contributed by atoms with Crippen molar-refractivity contribution in [1.29, 1.82) is 0 Å². The van der Waals surface area contributed by atoms with Gasteiger partial charge >= 0.3 is 0 Å². The molecule has 0 radical (unpaired) electrons. The number of thiazole rings is 1. The monoisotopic (exact) mass is 306 g/mol. The summed E-state index contributed by atoms with van der Waals surface area (Å²) in [7, 11) is 0. The topological polar surface area (TPSA) is 43.6 Å². The van der Waals surface area contributed by atoms with Crippen molar-refractivity contribution in [2.75, 3.05) is 6.61 Å².